The number of nitrogens with one attached hydrogen (secondary N) is 2. The summed E-state index contributed by atoms with van der Waals surface area (Å²) in [7, 11) is 1.54. The number of hydrogen-bond acceptors (Lipinski definition) is 5. The molecule has 1 aliphatic heterocycles. The van der Waals surface area contributed by atoms with Gasteiger partial charge in [-0.1, -0.05) is 12.1 Å². The van der Waals surface area contributed by atoms with Gasteiger partial charge in [0.2, 0.25) is 5.91 Å². The number of aromatic nitrogens is 2. The van der Waals surface area contributed by atoms with Gasteiger partial charge in [-0.2, -0.15) is 0 Å². The Bertz CT molecular complexity index is 639. The Morgan fingerprint density at radius 2 is 2.30 bits per heavy atom. The van der Waals surface area contributed by atoms with Crippen molar-refractivity contribution in [2.45, 2.75) is 18.6 Å². The molecule has 124 valence electrons. The van der Waals surface area contributed by atoms with Gasteiger partial charge in [0, 0.05) is 19.6 Å². The van der Waals surface area contributed by atoms with E-state index in [2.05, 4.69) is 15.3 Å². The number of aliphatic hydroxyl groups excluding tert-OH is 1. The molecular formula is C16H21N3O4. The molecule has 0 saturated carbocycles. The van der Waals surface area contributed by atoms with Gasteiger partial charge in [0.1, 0.15) is 11.9 Å². The van der Waals surface area contributed by atoms with Crippen LogP contribution in [0.2, 0.25) is 0 Å². The Morgan fingerprint density at radius 3 is 3.09 bits per heavy atom. The third-order valence-electron chi connectivity index (χ3n) is 4.11. The van der Waals surface area contributed by atoms with E-state index >= 15 is 0 Å². The van der Waals surface area contributed by atoms with Crippen molar-refractivity contribution in [1.29, 1.82) is 0 Å². The molecule has 0 aliphatic carbocycles. The van der Waals surface area contributed by atoms with Crippen LogP contribution in [0.1, 0.15) is 5.82 Å². The number of H-pyrrole nitrogens is 1. The van der Waals surface area contributed by atoms with Gasteiger partial charge in [-0.15, -0.1) is 0 Å². The minimum atomic E-state index is -0.639. The predicted molar refractivity (Wildman–Crippen MR) is 83.9 cm³/mol. The summed E-state index contributed by atoms with van der Waals surface area (Å²) in [4.78, 5) is 19.6. The number of rotatable bonds is 5. The molecule has 1 fully saturated rings. The van der Waals surface area contributed by atoms with Crippen molar-refractivity contribution in [3.63, 3.8) is 0 Å². The molecule has 1 aliphatic rings. The van der Waals surface area contributed by atoms with Crippen LogP contribution in [-0.2, 0) is 20.7 Å². The lowest BCUT2D eigenvalue weighted by atomic mass is 9.96. The number of aliphatic hydroxyl groups is 1. The standard InChI is InChI=1S/C16H21N3O4/c1-22-13-9-23-8-10(16(13)21)7-17-15(20)6-14-18-11-4-2-3-5-12(11)19-14/h2-5,10,13,16,21H,6-9H2,1H3,(H,17,20)(H,18,19)/t10-,13-,16+/m1/s1. The maximum atomic E-state index is 12.1. The fourth-order valence-corrected chi connectivity index (χ4v) is 2.77. The van der Waals surface area contributed by atoms with E-state index in [1.807, 2.05) is 24.3 Å². The number of aromatic amines is 1. The zero-order valence-electron chi connectivity index (χ0n) is 13.0. The fraction of sp³-hybridized carbons (Fsp3) is 0.500. The van der Waals surface area contributed by atoms with Gasteiger partial charge in [-0.3, -0.25) is 4.79 Å². The number of nitrogens with zero attached hydrogens (tertiary/aromatic N) is 1. The van der Waals surface area contributed by atoms with Crippen molar-refractivity contribution in [3.8, 4) is 0 Å². The first kappa shape index (κ1) is 15.9. The first-order chi connectivity index (χ1) is 11.2. The molecule has 3 N–H and O–H groups in total. The third-order valence-corrected chi connectivity index (χ3v) is 4.11. The van der Waals surface area contributed by atoms with Gasteiger partial charge in [-0.25, -0.2) is 4.98 Å². The van der Waals surface area contributed by atoms with Crippen molar-refractivity contribution in [1.82, 2.24) is 15.3 Å². The van der Waals surface area contributed by atoms with Crippen LogP contribution >= 0.6 is 0 Å². The van der Waals surface area contributed by atoms with E-state index in [0.717, 1.165) is 11.0 Å². The second kappa shape index (κ2) is 7.08. The maximum absolute atomic E-state index is 12.1. The molecule has 7 nitrogen and oxygen atoms in total. The van der Waals surface area contributed by atoms with Crippen molar-refractivity contribution in [3.05, 3.63) is 30.1 Å². The quantitative estimate of drug-likeness (QED) is 0.734. The van der Waals surface area contributed by atoms with Gasteiger partial charge < -0.3 is 24.9 Å². The largest absolute Gasteiger partial charge is 0.390 e. The Kier molecular flexibility index (Phi) is 4.90. The number of amides is 1. The highest BCUT2D eigenvalue weighted by Gasteiger charge is 2.32. The van der Waals surface area contributed by atoms with E-state index in [1.165, 1.54) is 0 Å². The molecule has 3 atom stereocenters. The summed E-state index contributed by atoms with van der Waals surface area (Å²) >= 11 is 0. The SMILES string of the molecule is CO[C@@H]1COC[C@@H](CNC(=O)Cc2nc3ccccc3[nH]2)[C@@H]1O. The molecule has 0 spiro atoms. The van der Waals surface area contributed by atoms with E-state index in [0.29, 0.717) is 25.6 Å². The maximum Gasteiger partial charge on any atom is 0.227 e. The molecule has 7 heteroatoms. The summed E-state index contributed by atoms with van der Waals surface area (Å²) in [6.45, 7) is 1.13. The number of methoxy groups -OCH3 is 1. The number of hydrogen-bond donors (Lipinski definition) is 3. The zero-order chi connectivity index (χ0) is 16.2. The molecule has 0 radical (unpaired) electrons. The van der Waals surface area contributed by atoms with E-state index in [1.54, 1.807) is 7.11 Å². The Labute approximate surface area is 134 Å². The van der Waals surface area contributed by atoms with Crippen molar-refractivity contribution >= 4 is 16.9 Å². The number of para-hydroxylation sites is 2. The summed E-state index contributed by atoms with van der Waals surface area (Å²) in [5.74, 6) is 0.308. The molecular weight excluding hydrogens is 298 g/mol. The van der Waals surface area contributed by atoms with Gasteiger partial charge in [0.15, 0.2) is 0 Å². The minimum absolute atomic E-state index is 0.143. The van der Waals surface area contributed by atoms with Gasteiger partial charge in [0.05, 0.1) is 36.8 Å². The molecule has 2 heterocycles. The Balaban J connectivity index is 1.53. The summed E-state index contributed by atoms with van der Waals surface area (Å²) in [5.41, 5.74) is 1.75. The highest BCUT2D eigenvalue weighted by atomic mass is 16.5. The van der Waals surface area contributed by atoms with Crippen LogP contribution in [0.3, 0.4) is 0 Å². The van der Waals surface area contributed by atoms with Crippen molar-refractivity contribution in [2.24, 2.45) is 5.92 Å². The molecule has 1 saturated heterocycles. The normalized spacial score (nSPS) is 24.7. The summed E-state index contributed by atoms with van der Waals surface area (Å²) in [5, 5.41) is 13.0. The molecule has 1 amide bonds. The van der Waals surface area contributed by atoms with Crippen LogP contribution in [0, 0.1) is 5.92 Å². The number of fused-ring (bicyclic) bond motifs is 1. The smallest absolute Gasteiger partial charge is 0.227 e. The first-order valence-corrected chi connectivity index (χ1v) is 7.66. The second-order valence-corrected chi connectivity index (χ2v) is 5.74. The lowest BCUT2D eigenvalue weighted by molar-refractivity contribution is -0.136. The van der Waals surface area contributed by atoms with Crippen molar-refractivity contribution < 1.29 is 19.4 Å². The summed E-state index contributed by atoms with van der Waals surface area (Å²) in [6.07, 6.45) is -0.812. The molecule has 0 bridgehead atoms. The highest BCUT2D eigenvalue weighted by Crippen LogP contribution is 2.17. The minimum Gasteiger partial charge on any atom is -0.390 e. The highest BCUT2D eigenvalue weighted by molar-refractivity contribution is 5.80. The Morgan fingerprint density at radius 1 is 1.48 bits per heavy atom. The average molecular weight is 319 g/mol. The van der Waals surface area contributed by atoms with Crippen LogP contribution < -0.4 is 5.32 Å². The number of carbonyl (C=O) groups excluding carboxylic acids is 1. The van der Waals surface area contributed by atoms with Gasteiger partial charge >= 0.3 is 0 Å². The number of benzene rings is 1. The van der Waals surface area contributed by atoms with E-state index in [4.69, 9.17) is 9.47 Å². The molecule has 1 aromatic heterocycles. The fourth-order valence-electron chi connectivity index (χ4n) is 2.77. The number of ether oxygens (including phenoxy) is 2. The van der Waals surface area contributed by atoms with Crippen LogP contribution in [0.4, 0.5) is 0 Å². The zero-order valence-corrected chi connectivity index (χ0v) is 13.0. The van der Waals surface area contributed by atoms with Gasteiger partial charge in [0.25, 0.3) is 0 Å². The van der Waals surface area contributed by atoms with Crippen LogP contribution in [0.25, 0.3) is 11.0 Å². The first-order valence-electron chi connectivity index (χ1n) is 7.66. The number of imidazole rings is 1. The summed E-state index contributed by atoms with van der Waals surface area (Å²) < 4.78 is 10.6. The second-order valence-electron chi connectivity index (χ2n) is 5.74. The summed E-state index contributed by atoms with van der Waals surface area (Å²) in [6, 6.07) is 7.64. The predicted octanol–water partition coefficient (Wildman–Crippen LogP) is 0.244. The topological polar surface area (TPSA) is 96.5 Å². The van der Waals surface area contributed by atoms with E-state index in [9.17, 15) is 9.90 Å². The molecule has 1 aromatic carbocycles. The molecule has 23 heavy (non-hydrogen) atoms. The average Bonchev–Trinajstić information content (AvgIpc) is 2.96. The monoisotopic (exact) mass is 319 g/mol. The van der Waals surface area contributed by atoms with E-state index < -0.39 is 6.10 Å². The van der Waals surface area contributed by atoms with Crippen LogP contribution in [0.15, 0.2) is 24.3 Å². The third kappa shape index (κ3) is 3.69. The lowest BCUT2D eigenvalue weighted by Crippen LogP contribution is -2.49. The molecule has 0 unspecified atom stereocenters. The van der Waals surface area contributed by atoms with Gasteiger partial charge in [-0.05, 0) is 12.1 Å². The van der Waals surface area contributed by atoms with E-state index in [-0.39, 0.29) is 24.3 Å². The molecule has 2 aromatic rings. The molecule has 3 rings (SSSR count). The van der Waals surface area contributed by atoms with Crippen LogP contribution in [-0.4, -0.2) is 60.1 Å². The Hall–Kier alpha value is -1.96. The lowest BCUT2D eigenvalue weighted by Gasteiger charge is -2.33. The van der Waals surface area contributed by atoms with Crippen LogP contribution in [0.5, 0.6) is 0 Å². The number of carbonyl (C=O) groups is 1. The van der Waals surface area contributed by atoms with Crippen molar-refractivity contribution in [2.75, 3.05) is 26.9 Å².